The Labute approximate surface area is 101 Å². The van der Waals surface area contributed by atoms with Crippen molar-refractivity contribution < 1.29 is 9.84 Å². The Kier molecular flexibility index (Phi) is 3.64. The molecule has 4 N–H and O–H groups in total. The summed E-state index contributed by atoms with van der Waals surface area (Å²) >= 11 is 0. The third-order valence-corrected chi connectivity index (χ3v) is 3.15. The summed E-state index contributed by atoms with van der Waals surface area (Å²) in [5.74, 6) is 1.70. The summed E-state index contributed by atoms with van der Waals surface area (Å²) in [6.07, 6.45) is 2.41. The van der Waals surface area contributed by atoms with Crippen molar-refractivity contribution in [2.75, 3.05) is 13.2 Å². The minimum atomic E-state index is 0.0581. The molecule has 0 heterocycles. The third-order valence-electron chi connectivity index (χ3n) is 3.15. The monoisotopic (exact) mass is 234 g/mol. The molecule has 17 heavy (non-hydrogen) atoms. The molecule has 0 aromatic heterocycles. The molecule has 0 saturated heterocycles. The van der Waals surface area contributed by atoms with Crippen molar-refractivity contribution in [1.29, 1.82) is 5.41 Å². The van der Waals surface area contributed by atoms with E-state index in [4.69, 9.17) is 15.9 Å². The van der Waals surface area contributed by atoms with Gasteiger partial charge in [0.25, 0.3) is 0 Å². The highest BCUT2D eigenvalue weighted by atomic mass is 16.5. The zero-order valence-electron chi connectivity index (χ0n) is 9.73. The standard InChI is InChI=1S/C13H18N2O2/c14-13(15)10-3-5-12(6-4-10)17-8-11(7-16)9-1-2-9/h3-6,9,11,16H,1-2,7-8H2,(H3,14,15). The van der Waals surface area contributed by atoms with Gasteiger partial charge in [0.1, 0.15) is 11.6 Å². The number of nitrogens with two attached hydrogens (primary N) is 1. The molecule has 0 amide bonds. The van der Waals surface area contributed by atoms with E-state index in [9.17, 15) is 5.11 Å². The highest BCUT2D eigenvalue weighted by Gasteiger charge is 2.31. The van der Waals surface area contributed by atoms with E-state index in [1.54, 1.807) is 24.3 Å². The molecular weight excluding hydrogens is 216 g/mol. The minimum absolute atomic E-state index is 0.0581. The van der Waals surface area contributed by atoms with Gasteiger partial charge in [-0.3, -0.25) is 5.41 Å². The van der Waals surface area contributed by atoms with Gasteiger partial charge >= 0.3 is 0 Å². The van der Waals surface area contributed by atoms with Crippen LogP contribution >= 0.6 is 0 Å². The number of nitrogens with one attached hydrogen (secondary N) is 1. The first-order valence-corrected chi connectivity index (χ1v) is 5.89. The quantitative estimate of drug-likeness (QED) is 0.513. The van der Waals surface area contributed by atoms with E-state index < -0.39 is 0 Å². The van der Waals surface area contributed by atoms with Crippen molar-refractivity contribution in [2.24, 2.45) is 17.6 Å². The van der Waals surface area contributed by atoms with Crippen LogP contribution in [0.3, 0.4) is 0 Å². The highest BCUT2D eigenvalue weighted by Crippen LogP contribution is 2.36. The Bertz CT molecular complexity index is 385. The van der Waals surface area contributed by atoms with Crippen LogP contribution in [0.25, 0.3) is 0 Å². The molecule has 4 nitrogen and oxygen atoms in total. The van der Waals surface area contributed by atoms with Crippen LogP contribution in [-0.2, 0) is 0 Å². The Morgan fingerprint density at radius 3 is 2.53 bits per heavy atom. The molecule has 1 aromatic carbocycles. The predicted molar refractivity (Wildman–Crippen MR) is 66.3 cm³/mol. The smallest absolute Gasteiger partial charge is 0.122 e. The van der Waals surface area contributed by atoms with Crippen molar-refractivity contribution in [1.82, 2.24) is 0 Å². The SMILES string of the molecule is N=C(N)c1ccc(OCC(CO)C2CC2)cc1. The zero-order valence-corrected chi connectivity index (χ0v) is 9.73. The largest absolute Gasteiger partial charge is 0.493 e. The number of hydrogen-bond acceptors (Lipinski definition) is 3. The Hall–Kier alpha value is -1.55. The number of ether oxygens (including phenoxy) is 1. The molecule has 1 unspecified atom stereocenters. The van der Waals surface area contributed by atoms with E-state index in [-0.39, 0.29) is 18.4 Å². The Morgan fingerprint density at radius 1 is 1.41 bits per heavy atom. The summed E-state index contributed by atoms with van der Waals surface area (Å²) in [5, 5.41) is 16.5. The summed E-state index contributed by atoms with van der Waals surface area (Å²) in [7, 11) is 0. The molecule has 1 aliphatic rings. The molecule has 4 heteroatoms. The number of aliphatic hydroxyl groups is 1. The molecule has 0 spiro atoms. The van der Waals surface area contributed by atoms with Crippen molar-refractivity contribution in [3.63, 3.8) is 0 Å². The van der Waals surface area contributed by atoms with Crippen molar-refractivity contribution in [3.8, 4) is 5.75 Å². The number of nitrogen functional groups attached to an aromatic ring is 1. The van der Waals surface area contributed by atoms with Gasteiger partial charge in [0.2, 0.25) is 0 Å². The Morgan fingerprint density at radius 2 is 2.06 bits per heavy atom. The van der Waals surface area contributed by atoms with E-state index in [1.807, 2.05) is 0 Å². The van der Waals surface area contributed by atoms with Crippen molar-refractivity contribution in [3.05, 3.63) is 29.8 Å². The van der Waals surface area contributed by atoms with Gasteiger partial charge in [-0.25, -0.2) is 0 Å². The lowest BCUT2D eigenvalue weighted by molar-refractivity contribution is 0.147. The van der Waals surface area contributed by atoms with Gasteiger partial charge in [-0.1, -0.05) is 0 Å². The van der Waals surface area contributed by atoms with Crippen LogP contribution in [0, 0.1) is 17.2 Å². The first-order valence-electron chi connectivity index (χ1n) is 5.89. The van der Waals surface area contributed by atoms with Gasteiger partial charge in [0.15, 0.2) is 0 Å². The molecule has 0 bridgehead atoms. The summed E-state index contributed by atoms with van der Waals surface area (Å²) in [5.41, 5.74) is 6.06. The van der Waals surface area contributed by atoms with Crippen LogP contribution in [-0.4, -0.2) is 24.2 Å². The molecule has 92 valence electrons. The van der Waals surface area contributed by atoms with Crippen molar-refractivity contribution >= 4 is 5.84 Å². The summed E-state index contributed by atoms with van der Waals surface area (Å²) in [4.78, 5) is 0. The van der Waals surface area contributed by atoms with Crippen molar-refractivity contribution in [2.45, 2.75) is 12.8 Å². The molecule has 1 aromatic rings. The normalized spacial score (nSPS) is 16.5. The van der Waals surface area contributed by atoms with Crippen LogP contribution in [0.15, 0.2) is 24.3 Å². The number of amidine groups is 1. The lowest BCUT2D eigenvalue weighted by Gasteiger charge is -2.14. The molecule has 0 aliphatic heterocycles. The molecule has 1 saturated carbocycles. The molecule has 0 radical (unpaired) electrons. The average molecular weight is 234 g/mol. The number of aliphatic hydroxyl groups excluding tert-OH is 1. The lowest BCUT2D eigenvalue weighted by Crippen LogP contribution is -2.18. The van der Waals surface area contributed by atoms with Crippen LogP contribution in [0.1, 0.15) is 18.4 Å². The maximum Gasteiger partial charge on any atom is 0.122 e. The van der Waals surface area contributed by atoms with Crippen LogP contribution in [0.4, 0.5) is 0 Å². The fourth-order valence-corrected chi connectivity index (χ4v) is 1.84. The predicted octanol–water partition coefficient (Wildman–Crippen LogP) is 1.37. The fourth-order valence-electron chi connectivity index (χ4n) is 1.84. The number of rotatable bonds is 6. The third kappa shape index (κ3) is 3.20. The van der Waals surface area contributed by atoms with Crippen LogP contribution in [0.5, 0.6) is 5.75 Å². The summed E-state index contributed by atoms with van der Waals surface area (Å²) in [6, 6.07) is 7.14. The number of hydrogen-bond donors (Lipinski definition) is 3. The topological polar surface area (TPSA) is 79.3 Å². The van der Waals surface area contributed by atoms with Gasteiger partial charge in [0, 0.05) is 18.1 Å². The summed E-state index contributed by atoms with van der Waals surface area (Å²) in [6.45, 7) is 0.747. The fraction of sp³-hybridized carbons (Fsp3) is 0.462. The highest BCUT2D eigenvalue weighted by molar-refractivity contribution is 5.94. The molecule has 1 atom stereocenters. The minimum Gasteiger partial charge on any atom is -0.493 e. The molecule has 2 rings (SSSR count). The average Bonchev–Trinajstić information content (AvgIpc) is 3.15. The van der Waals surface area contributed by atoms with Crippen LogP contribution < -0.4 is 10.5 Å². The van der Waals surface area contributed by atoms with Gasteiger partial charge in [-0.15, -0.1) is 0 Å². The Balaban J connectivity index is 1.87. The lowest BCUT2D eigenvalue weighted by atomic mass is 10.1. The van der Waals surface area contributed by atoms with Gasteiger partial charge in [-0.2, -0.15) is 0 Å². The van der Waals surface area contributed by atoms with E-state index >= 15 is 0 Å². The second kappa shape index (κ2) is 5.19. The molecule has 1 aliphatic carbocycles. The molecular formula is C13H18N2O2. The second-order valence-corrected chi connectivity index (χ2v) is 4.53. The molecule has 1 fully saturated rings. The zero-order chi connectivity index (χ0) is 12.3. The maximum absolute atomic E-state index is 9.21. The van der Waals surface area contributed by atoms with E-state index in [0.717, 1.165) is 5.75 Å². The summed E-state index contributed by atoms with van der Waals surface area (Å²) < 4.78 is 5.62. The van der Waals surface area contributed by atoms with Gasteiger partial charge < -0.3 is 15.6 Å². The van der Waals surface area contributed by atoms with E-state index in [0.29, 0.717) is 18.1 Å². The van der Waals surface area contributed by atoms with Gasteiger partial charge in [-0.05, 0) is 43.0 Å². The first-order chi connectivity index (χ1) is 8.20. The maximum atomic E-state index is 9.21. The second-order valence-electron chi connectivity index (χ2n) is 4.53. The van der Waals surface area contributed by atoms with E-state index in [2.05, 4.69) is 0 Å². The number of benzene rings is 1. The first kappa shape index (κ1) is 11.9. The van der Waals surface area contributed by atoms with Gasteiger partial charge in [0.05, 0.1) is 6.61 Å². The van der Waals surface area contributed by atoms with Crippen LogP contribution in [0.2, 0.25) is 0 Å². The van der Waals surface area contributed by atoms with E-state index in [1.165, 1.54) is 12.8 Å².